The molecule has 2 nitrogen and oxygen atoms in total. The van der Waals surface area contributed by atoms with Gasteiger partial charge in [-0.05, 0) is 64.2 Å². The van der Waals surface area contributed by atoms with Gasteiger partial charge in [0.05, 0.1) is 6.67 Å². The van der Waals surface area contributed by atoms with E-state index in [1.807, 2.05) is 0 Å². The summed E-state index contributed by atoms with van der Waals surface area (Å²) in [4.78, 5) is 2.63. The fraction of sp³-hybridized carbons (Fsp3) is 1.00. The summed E-state index contributed by atoms with van der Waals surface area (Å²) in [5, 5.41) is 3.41. The summed E-state index contributed by atoms with van der Waals surface area (Å²) in [6, 6.07) is 0.803. The van der Waals surface area contributed by atoms with Gasteiger partial charge in [0.25, 0.3) is 0 Å². The van der Waals surface area contributed by atoms with Crippen LogP contribution in [-0.2, 0) is 0 Å². The van der Waals surface area contributed by atoms with Crippen molar-refractivity contribution in [3.05, 3.63) is 0 Å². The minimum atomic E-state index is -0.127. The molecule has 2 heterocycles. The molecule has 3 heteroatoms. The molecule has 0 amide bonds. The summed E-state index contributed by atoms with van der Waals surface area (Å²) < 4.78 is 12.2. The number of nitrogens with zero attached hydrogens (tertiary/aromatic N) is 1. The lowest BCUT2D eigenvalue weighted by Gasteiger charge is -2.39. The normalized spacial score (nSPS) is 27.0. The highest BCUT2D eigenvalue weighted by Gasteiger charge is 2.25. The Morgan fingerprint density at radius 2 is 1.73 bits per heavy atom. The molecule has 2 saturated heterocycles. The van der Waals surface area contributed by atoms with E-state index < -0.39 is 0 Å². The Morgan fingerprint density at radius 3 is 2.33 bits per heavy atom. The van der Waals surface area contributed by atoms with Crippen LogP contribution >= 0.6 is 0 Å². The minimum absolute atomic E-state index is 0.127. The molecule has 0 saturated carbocycles. The molecule has 2 aliphatic rings. The van der Waals surface area contributed by atoms with E-state index in [1.54, 1.807) is 0 Å². The lowest BCUT2D eigenvalue weighted by Crippen LogP contribution is -2.46. The molecular weight excluding hydrogens is 191 g/mol. The Morgan fingerprint density at radius 1 is 1.07 bits per heavy atom. The quantitative estimate of drug-likeness (QED) is 0.771. The van der Waals surface area contributed by atoms with Crippen LogP contribution in [0.15, 0.2) is 0 Å². The minimum Gasteiger partial charge on any atom is -0.317 e. The SMILES string of the molecule is FCCC1CCN(C2CCNCC2)CC1. The molecule has 1 N–H and O–H groups in total. The predicted octanol–water partition coefficient (Wildman–Crippen LogP) is 1.81. The largest absolute Gasteiger partial charge is 0.317 e. The molecule has 0 aliphatic carbocycles. The van der Waals surface area contributed by atoms with Gasteiger partial charge in [0.2, 0.25) is 0 Å². The van der Waals surface area contributed by atoms with E-state index in [2.05, 4.69) is 10.2 Å². The van der Waals surface area contributed by atoms with Gasteiger partial charge >= 0.3 is 0 Å². The standard InChI is InChI=1S/C12H23FN2/c13-6-1-11-4-9-15(10-5-11)12-2-7-14-8-3-12/h11-12,14H,1-10H2. The summed E-state index contributed by atoms with van der Waals surface area (Å²) in [5.41, 5.74) is 0. The molecule has 15 heavy (non-hydrogen) atoms. The van der Waals surface area contributed by atoms with Crippen LogP contribution in [0.2, 0.25) is 0 Å². The van der Waals surface area contributed by atoms with Crippen LogP contribution in [0.25, 0.3) is 0 Å². The molecule has 0 aromatic heterocycles. The van der Waals surface area contributed by atoms with Crippen LogP contribution in [-0.4, -0.2) is 43.8 Å². The van der Waals surface area contributed by atoms with Gasteiger partial charge in [-0.25, -0.2) is 0 Å². The molecular formula is C12H23FN2. The number of piperidine rings is 2. The van der Waals surface area contributed by atoms with Crippen molar-refractivity contribution in [2.75, 3.05) is 32.9 Å². The van der Waals surface area contributed by atoms with Gasteiger partial charge in [0.15, 0.2) is 0 Å². The van der Waals surface area contributed by atoms with E-state index in [1.165, 1.54) is 51.9 Å². The third-order valence-corrected chi connectivity index (χ3v) is 3.99. The summed E-state index contributed by atoms with van der Waals surface area (Å²) in [6.45, 7) is 4.63. The zero-order chi connectivity index (χ0) is 10.5. The first kappa shape index (κ1) is 11.3. The molecule has 0 spiro atoms. The van der Waals surface area contributed by atoms with E-state index in [0.29, 0.717) is 5.92 Å². The van der Waals surface area contributed by atoms with Crippen LogP contribution in [0.3, 0.4) is 0 Å². The molecule has 0 unspecified atom stereocenters. The van der Waals surface area contributed by atoms with E-state index in [4.69, 9.17) is 0 Å². The van der Waals surface area contributed by atoms with Gasteiger partial charge in [-0.3, -0.25) is 4.39 Å². The van der Waals surface area contributed by atoms with Crippen LogP contribution in [0.5, 0.6) is 0 Å². The zero-order valence-corrected chi connectivity index (χ0v) is 9.55. The Balaban J connectivity index is 1.72. The Bertz CT molecular complexity index is 172. The molecule has 0 radical (unpaired) electrons. The maximum atomic E-state index is 12.2. The number of alkyl halides is 1. The van der Waals surface area contributed by atoms with Crippen LogP contribution < -0.4 is 5.32 Å². The number of likely N-dealkylation sites (tertiary alicyclic amines) is 1. The smallest absolute Gasteiger partial charge is 0.0897 e. The third-order valence-electron chi connectivity index (χ3n) is 3.99. The molecule has 0 bridgehead atoms. The second kappa shape index (κ2) is 5.80. The third kappa shape index (κ3) is 3.15. The molecule has 0 aromatic rings. The van der Waals surface area contributed by atoms with E-state index >= 15 is 0 Å². The number of nitrogens with one attached hydrogen (secondary N) is 1. The van der Waals surface area contributed by atoms with Gasteiger partial charge in [-0.2, -0.15) is 0 Å². The van der Waals surface area contributed by atoms with Gasteiger partial charge in [0, 0.05) is 6.04 Å². The number of rotatable bonds is 3. The first-order valence-electron chi connectivity index (χ1n) is 6.41. The Hall–Kier alpha value is -0.150. The Kier molecular flexibility index (Phi) is 4.39. The van der Waals surface area contributed by atoms with Crippen molar-refractivity contribution in [1.29, 1.82) is 0 Å². The average Bonchev–Trinajstić information content (AvgIpc) is 2.32. The summed E-state index contributed by atoms with van der Waals surface area (Å²) in [6.07, 6.45) is 5.82. The van der Waals surface area contributed by atoms with Crippen molar-refractivity contribution in [3.63, 3.8) is 0 Å². The second-order valence-corrected chi connectivity index (χ2v) is 4.94. The maximum absolute atomic E-state index is 12.2. The van der Waals surface area contributed by atoms with Crippen LogP contribution in [0.1, 0.15) is 32.1 Å². The van der Waals surface area contributed by atoms with Crippen molar-refractivity contribution in [1.82, 2.24) is 10.2 Å². The highest BCUT2D eigenvalue weighted by Crippen LogP contribution is 2.24. The van der Waals surface area contributed by atoms with Crippen molar-refractivity contribution in [3.8, 4) is 0 Å². The molecule has 0 aromatic carbocycles. The second-order valence-electron chi connectivity index (χ2n) is 4.94. The number of halogens is 1. The van der Waals surface area contributed by atoms with Gasteiger partial charge in [0.1, 0.15) is 0 Å². The number of hydrogen-bond acceptors (Lipinski definition) is 2. The highest BCUT2D eigenvalue weighted by atomic mass is 19.1. The lowest BCUT2D eigenvalue weighted by molar-refractivity contribution is 0.106. The maximum Gasteiger partial charge on any atom is 0.0897 e. The van der Waals surface area contributed by atoms with Gasteiger partial charge in [-0.1, -0.05) is 0 Å². The van der Waals surface area contributed by atoms with Crippen LogP contribution in [0.4, 0.5) is 4.39 Å². The van der Waals surface area contributed by atoms with Crippen LogP contribution in [0, 0.1) is 5.92 Å². The molecule has 2 fully saturated rings. The fourth-order valence-electron chi connectivity index (χ4n) is 2.93. The number of hydrogen-bond donors (Lipinski definition) is 1. The summed E-state index contributed by atoms with van der Waals surface area (Å²) >= 11 is 0. The Labute approximate surface area is 92.2 Å². The molecule has 0 atom stereocenters. The lowest BCUT2D eigenvalue weighted by atomic mass is 9.92. The fourth-order valence-corrected chi connectivity index (χ4v) is 2.93. The topological polar surface area (TPSA) is 15.3 Å². The average molecular weight is 214 g/mol. The van der Waals surface area contributed by atoms with E-state index in [0.717, 1.165) is 12.5 Å². The monoisotopic (exact) mass is 214 g/mol. The predicted molar refractivity (Wildman–Crippen MR) is 60.8 cm³/mol. The van der Waals surface area contributed by atoms with Crippen molar-refractivity contribution >= 4 is 0 Å². The van der Waals surface area contributed by atoms with Gasteiger partial charge in [-0.15, -0.1) is 0 Å². The summed E-state index contributed by atoms with van der Waals surface area (Å²) in [7, 11) is 0. The first-order chi connectivity index (χ1) is 7.40. The van der Waals surface area contributed by atoms with Gasteiger partial charge < -0.3 is 10.2 Å². The van der Waals surface area contributed by atoms with Crippen molar-refractivity contribution in [2.45, 2.75) is 38.1 Å². The molecule has 88 valence electrons. The van der Waals surface area contributed by atoms with Crippen molar-refractivity contribution in [2.24, 2.45) is 5.92 Å². The molecule has 2 rings (SSSR count). The highest BCUT2D eigenvalue weighted by molar-refractivity contribution is 4.81. The first-order valence-corrected chi connectivity index (χ1v) is 6.41. The summed E-state index contributed by atoms with van der Waals surface area (Å²) in [5.74, 6) is 0.660. The molecule has 2 aliphatic heterocycles. The zero-order valence-electron chi connectivity index (χ0n) is 9.55. The van der Waals surface area contributed by atoms with Crippen molar-refractivity contribution < 1.29 is 4.39 Å². The van der Waals surface area contributed by atoms with E-state index in [9.17, 15) is 4.39 Å². The van der Waals surface area contributed by atoms with E-state index in [-0.39, 0.29) is 6.67 Å².